The van der Waals surface area contributed by atoms with E-state index in [0.29, 0.717) is 12.5 Å². The Morgan fingerprint density at radius 1 is 1.41 bits per heavy atom. The molecule has 5 heteroatoms. The molecule has 1 heterocycles. The smallest absolute Gasteiger partial charge is 0.216 e. The molecule has 0 saturated heterocycles. The lowest BCUT2D eigenvalue weighted by atomic mass is 10.1. The first-order valence-corrected chi connectivity index (χ1v) is 7.58. The van der Waals surface area contributed by atoms with Crippen molar-refractivity contribution in [2.24, 2.45) is 0 Å². The third kappa shape index (κ3) is 7.38. The average Bonchev–Trinajstić information content (AvgIpc) is 2.44. The number of ether oxygens (including phenoxy) is 1. The van der Waals surface area contributed by atoms with Gasteiger partial charge in [-0.2, -0.15) is 0 Å². The van der Waals surface area contributed by atoms with Gasteiger partial charge in [-0.15, -0.1) is 0 Å². The molecule has 1 rings (SSSR count). The van der Waals surface area contributed by atoms with Crippen LogP contribution in [0.4, 0.5) is 0 Å². The molecule has 0 spiro atoms. The van der Waals surface area contributed by atoms with Crippen LogP contribution >= 0.6 is 11.6 Å². The summed E-state index contributed by atoms with van der Waals surface area (Å²) in [5.74, 6) is 0.686. The van der Waals surface area contributed by atoms with Crippen molar-refractivity contribution in [3.05, 3.63) is 47.2 Å². The standard InChI is InChI=1S/C17H24ClN3O/c1-13(6-8-16(18)19)5-7-15-11-14(2)12-20-17(15)22-10-9-21(3)4/h5-6,8,11-12,19H,7,9-10H2,1-4H3/b8-6-,13-5-,19-16?. The fourth-order valence-electron chi connectivity index (χ4n) is 1.76. The number of hydrogen-bond acceptors (Lipinski definition) is 4. The Balaban J connectivity index is 2.77. The summed E-state index contributed by atoms with van der Waals surface area (Å²) in [7, 11) is 4.03. The number of aryl methyl sites for hydroxylation is 1. The van der Waals surface area contributed by atoms with E-state index in [1.165, 1.54) is 0 Å². The van der Waals surface area contributed by atoms with Crippen molar-refractivity contribution in [1.29, 1.82) is 5.41 Å². The fourth-order valence-corrected chi connectivity index (χ4v) is 1.82. The molecule has 0 aliphatic carbocycles. The maximum atomic E-state index is 7.17. The molecule has 0 radical (unpaired) electrons. The van der Waals surface area contributed by atoms with Crippen LogP contribution in [-0.2, 0) is 6.42 Å². The third-order valence-corrected chi connectivity index (χ3v) is 3.10. The van der Waals surface area contributed by atoms with Crippen molar-refractivity contribution in [3.63, 3.8) is 0 Å². The number of halogens is 1. The molecular formula is C17H24ClN3O. The summed E-state index contributed by atoms with van der Waals surface area (Å²) in [6.07, 6.45) is 8.02. The quantitative estimate of drug-likeness (QED) is 0.588. The van der Waals surface area contributed by atoms with Gasteiger partial charge in [-0.1, -0.05) is 29.3 Å². The molecule has 4 nitrogen and oxygen atoms in total. The van der Waals surface area contributed by atoms with Crippen LogP contribution in [0.25, 0.3) is 0 Å². The van der Waals surface area contributed by atoms with Gasteiger partial charge in [0.15, 0.2) is 0 Å². The van der Waals surface area contributed by atoms with E-state index in [1.807, 2.05) is 40.2 Å². The Hall–Kier alpha value is -1.65. The second kappa shape index (κ2) is 9.38. The number of nitrogens with zero attached hydrogens (tertiary/aromatic N) is 2. The van der Waals surface area contributed by atoms with E-state index < -0.39 is 0 Å². The molecule has 0 bridgehead atoms. The average molecular weight is 322 g/mol. The maximum absolute atomic E-state index is 7.17. The lowest BCUT2D eigenvalue weighted by Gasteiger charge is -2.13. The van der Waals surface area contributed by atoms with Crippen LogP contribution in [0, 0.1) is 12.3 Å². The minimum absolute atomic E-state index is 0.0256. The molecule has 0 aliphatic rings. The van der Waals surface area contributed by atoms with Gasteiger partial charge >= 0.3 is 0 Å². The zero-order valence-corrected chi connectivity index (χ0v) is 14.4. The monoisotopic (exact) mass is 321 g/mol. The summed E-state index contributed by atoms with van der Waals surface area (Å²) >= 11 is 5.50. The van der Waals surface area contributed by atoms with Gasteiger partial charge in [0, 0.05) is 18.3 Å². The van der Waals surface area contributed by atoms with E-state index in [1.54, 1.807) is 6.08 Å². The van der Waals surface area contributed by atoms with E-state index in [2.05, 4.69) is 22.0 Å². The molecule has 1 N–H and O–H groups in total. The van der Waals surface area contributed by atoms with E-state index in [9.17, 15) is 0 Å². The lowest BCUT2D eigenvalue weighted by Crippen LogP contribution is -2.20. The normalized spacial score (nSPS) is 12.2. The predicted octanol–water partition coefficient (Wildman–Crippen LogP) is 3.59. The largest absolute Gasteiger partial charge is 0.476 e. The zero-order chi connectivity index (χ0) is 16.5. The SMILES string of the molecule is CC(/C=C\C(=N)Cl)=C/Cc1cc(C)cnc1OCCN(C)C. The van der Waals surface area contributed by atoms with Crippen molar-refractivity contribution in [2.45, 2.75) is 20.3 Å². The molecular weight excluding hydrogens is 298 g/mol. The molecule has 0 saturated carbocycles. The lowest BCUT2D eigenvalue weighted by molar-refractivity contribution is 0.252. The zero-order valence-electron chi connectivity index (χ0n) is 13.7. The van der Waals surface area contributed by atoms with Crippen molar-refractivity contribution >= 4 is 16.8 Å². The van der Waals surface area contributed by atoms with Crippen molar-refractivity contribution in [1.82, 2.24) is 9.88 Å². The highest BCUT2D eigenvalue weighted by atomic mass is 35.5. The van der Waals surface area contributed by atoms with Crippen LogP contribution in [-0.4, -0.2) is 42.3 Å². The molecule has 0 aliphatic heterocycles. The first-order chi connectivity index (χ1) is 10.4. The van der Waals surface area contributed by atoms with Gasteiger partial charge < -0.3 is 9.64 Å². The Morgan fingerprint density at radius 2 is 2.14 bits per heavy atom. The van der Waals surface area contributed by atoms with Crippen molar-refractivity contribution in [2.75, 3.05) is 27.2 Å². The van der Waals surface area contributed by atoms with Crippen LogP contribution in [0.3, 0.4) is 0 Å². The number of likely N-dealkylation sites (N-methyl/N-ethyl adjacent to an activating group) is 1. The topological polar surface area (TPSA) is 49.2 Å². The maximum Gasteiger partial charge on any atom is 0.216 e. The summed E-state index contributed by atoms with van der Waals surface area (Å²) in [4.78, 5) is 6.46. The highest BCUT2D eigenvalue weighted by Gasteiger charge is 2.05. The molecule has 0 atom stereocenters. The summed E-state index contributed by atoms with van der Waals surface area (Å²) in [6.45, 7) is 5.46. The van der Waals surface area contributed by atoms with Crippen LogP contribution in [0.5, 0.6) is 5.88 Å². The van der Waals surface area contributed by atoms with Gasteiger partial charge in [-0.3, -0.25) is 5.41 Å². The van der Waals surface area contributed by atoms with Gasteiger partial charge in [0.2, 0.25) is 5.88 Å². The van der Waals surface area contributed by atoms with Crippen LogP contribution < -0.4 is 4.74 Å². The Bertz CT molecular complexity index is 565. The number of aromatic nitrogens is 1. The van der Waals surface area contributed by atoms with Gasteiger partial charge in [-0.05, 0) is 52.1 Å². The van der Waals surface area contributed by atoms with E-state index >= 15 is 0 Å². The molecule has 0 amide bonds. The van der Waals surface area contributed by atoms with E-state index in [0.717, 1.165) is 29.7 Å². The van der Waals surface area contributed by atoms with Gasteiger partial charge in [-0.25, -0.2) is 4.98 Å². The number of rotatable bonds is 8. The molecule has 0 unspecified atom stereocenters. The summed E-state index contributed by atoms with van der Waals surface area (Å²) < 4.78 is 5.78. The third-order valence-electron chi connectivity index (χ3n) is 2.98. The molecule has 22 heavy (non-hydrogen) atoms. The van der Waals surface area contributed by atoms with Crippen molar-refractivity contribution in [3.8, 4) is 5.88 Å². The number of pyridine rings is 1. The predicted molar refractivity (Wildman–Crippen MR) is 93.2 cm³/mol. The van der Waals surface area contributed by atoms with E-state index in [4.69, 9.17) is 21.7 Å². The molecule has 1 aromatic rings. The summed E-state index contributed by atoms with van der Waals surface area (Å²) in [6, 6.07) is 2.09. The van der Waals surface area contributed by atoms with Gasteiger partial charge in [0.1, 0.15) is 11.8 Å². The van der Waals surface area contributed by atoms with Gasteiger partial charge in [0.25, 0.3) is 0 Å². The highest BCUT2D eigenvalue weighted by Crippen LogP contribution is 2.18. The Kier molecular flexibility index (Phi) is 7.85. The molecule has 0 fully saturated rings. The summed E-state index contributed by atoms with van der Waals surface area (Å²) in [5, 5.41) is 7.20. The first kappa shape index (κ1) is 18.4. The molecule has 0 aromatic carbocycles. The fraction of sp³-hybridized carbons (Fsp3) is 0.412. The van der Waals surface area contributed by atoms with Crippen LogP contribution in [0.15, 0.2) is 36.1 Å². The van der Waals surface area contributed by atoms with Gasteiger partial charge in [0.05, 0.1) is 0 Å². The molecule has 1 aromatic heterocycles. The van der Waals surface area contributed by atoms with Crippen molar-refractivity contribution < 1.29 is 4.74 Å². The minimum atomic E-state index is 0.0256. The number of allylic oxidation sites excluding steroid dienone is 4. The Morgan fingerprint density at radius 3 is 2.77 bits per heavy atom. The first-order valence-electron chi connectivity index (χ1n) is 7.20. The number of hydrogen-bond donors (Lipinski definition) is 1. The van der Waals surface area contributed by atoms with Crippen LogP contribution in [0.2, 0.25) is 0 Å². The highest BCUT2D eigenvalue weighted by molar-refractivity contribution is 6.67. The van der Waals surface area contributed by atoms with Crippen LogP contribution in [0.1, 0.15) is 18.1 Å². The second-order valence-corrected chi connectivity index (χ2v) is 5.87. The Labute approximate surface area is 138 Å². The second-order valence-electron chi connectivity index (χ2n) is 5.46. The molecule has 120 valence electrons. The minimum Gasteiger partial charge on any atom is -0.476 e. The summed E-state index contributed by atoms with van der Waals surface area (Å²) in [5.41, 5.74) is 3.22. The number of nitrogens with one attached hydrogen (secondary N) is 1. The van der Waals surface area contributed by atoms with E-state index in [-0.39, 0.29) is 5.17 Å².